The Hall–Kier alpha value is -2.77. The molecule has 6 nitrogen and oxygen atoms in total. The van der Waals surface area contributed by atoms with Gasteiger partial charge in [-0.25, -0.2) is 9.79 Å². The van der Waals surface area contributed by atoms with E-state index in [1.54, 1.807) is 50.3 Å². The van der Waals surface area contributed by atoms with Gasteiger partial charge in [-0.15, -0.1) is 0 Å². The van der Waals surface area contributed by atoms with E-state index in [1.807, 2.05) is 19.1 Å². The van der Waals surface area contributed by atoms with Crippen molar-refractivity contribution in [3.8, 4) is 5.75 Å². The first-order valence-electron chi connectivity index (χ1n) is 9.29. The first-order valence-corrected chi connectivity index (χ1v) is 10.5. The third kappa shape index (κ3) is 5.87. The molecule has 0 aliphatic carbocycles. The van der Waals surface area contributed by atoms with Gasteiger partial charge in [0.1, 0.15) is 5.75 Å². The molecule has 0 saturated carbocycles. The molecule has 2 aromatic rings. The predicted molar refractivity (Wildman–Crippen MR) is 120 cm³/mol. The highest BCUT2D eigenvalue weighted by molar-refractivity contribution is 8.18. The lowest BCUT2D eigenvalue weighted by molar-refractivity contribution is -0.149. The number of hydrogen-bond donors (Lipinski definition) is 1. The van der Waals surface area contributed by atoms with Crippen LogP contribution in [0, 0.1) is 6.92 Å². The summed E-state index contributed by atoms with van der Waals surface area (Å²) < 4.78 is 10.4. The first-order chi connectivity index (χ1) is 14.3. The van der Waals surface area contributed by atoms with Crippen LogP contribution in [0.25, 0.3) is 6.08 Å². The number of amidine groups is 1. The minimum Gasteiger partial charge on any atom is -0.482 e. The van der Waals surface area contributed by atoms with Gasteiger partial charge in [0, 0.05) is 5.02 Å². The Morgan fingerprint density at radius 1 is 1.23 bits per heavy atom. The van der Waals surface area contributed by atoms with E-state index >= 15 is 0 Å². The monoisotopic (exact) mass is 444 g/mol. The zero-order chi connectivity index (χ0) is 21.7. The molecule has 1 saturated heterocycles. The quantitative estimate of drug-likeness (QED) is 0.508. The van der Waals surface area contributed by atoms with E-state index < -0.39 is 5.97 Å². The van der Waals surface area contributed by atoms with Gasteiger partial charge in [0.15, 0.2) is 11.8 Å². The summed E-state index contributed by atoms with van der Waals surface area (Å²) in [5, 5.41) is 3.89. The van der Waals surface area contributed by atoms with Crippen LogP contribution < -0.4 is 10.1 Å². The lowest BCUT2D eigenvalue weighted by Gasteiger charge is -2.09. The Labute approximate surface area is 184 Å². The summed E-state index contributed by atoms with van der Waals surface area (Å²) in [5.74, 6) is -0.0905. The molecule has 1 amide bonds. The number of carbonyl (C=O) groups is 2. The molecule has 1 aliphatic heterocycles. The molecule has 0 atom stereocenters. The Kier molecular flexibility index (Phi) is 7.18. The SMILES string of the molecule is Cc1c(Cl)cccc1N=C1NC(=O)/C(=C/c2ccc(OCC(=O)OC(C)C)cc2)S1. The standard InChI is InChI=1S/C22H21ClN2O4S/c1-13(2)29-20(26)12-28-16-9-7-15(8-10-16)11-19-21(27)25-22(30-19)24-18-6-4-5-17(23)14(18)3/h4-11,13H,12H2,1-3H3,(H,24,25,27)/b19-11-. The van der Waals surface area contributed by atoms with E-state index in [0.29, 0.717) is 26.5 Å². The third-order valence-corrected chi connectivity index (χ3v) is 5.33. The Bertz CT molecular complexity index is 1020. The molecule has 8 heteroatoms. The summed E-state index contributed by atoms with van der Waals surface area (Å²) in [7, 11) is 0. The van der Waals surface area contributed by atoms with Gasteiger partial charge in [-0.2, -0.15) is 0 Å². The van der Waals surface area contributed by atoms with Crippen LogP contribution in [0.5, 0.6) is 5.75 Å². The summed E-state index contributed by atoms with van der Waals surface area (Å²) in [6, 6.07) is 12.5. The van der Waals surface area contributed by atoms with Crippen molar-refractivity contribution in [1.29, 1.82) is 0 Å². The van der Waals surface area contributed by atoms with Gasteiger partial charge >= 0.3 is 5.97 Å². The van der Waals surface area contributed by atoms with E-state index in [4.69, 9.17) is 21.1 Å². The van der Waals surface area contributed by atoms with Crippen LogP contribution in [0.3, 0.4) is 0 Å². The van der Waals surface area contributed by atoms with Crippen molar-refractivity contribution in [3.05, 3.63) is 63.5 Å². The second-order valence-corrected chi connectivity index (χ2v) is 8.20. The molecule has 0 radical (unpaired) electrons. The van der Waals surface area contributed by atoms with Crippen molar-refractivity contribution in [2.24, 2.45) is 4.99 Å². The lowest BCUT2D eigenvalue weighted by Crippen LogP contribution is -2.19. The average molecular weight is 445 g/mol. The highest BCUT2D eigenvalue weighted by Crippen LogP contribution is 2.31. The van der Waals surface area contributed by atoms with Crippen molar-refractivity contribution in [1.82, 2.24) is 5.32 Å². The van der Waals surface area contributed by atoms with Gasteiger partial charge in [-0.1, -0.05) is 29.8 Å². The number of rotatable bonds is 6. The maximum Gasteiger partial charge on any atom is 0.344 e. The molecule has 2 aromatic carbocycles. The van der Waals surface area contributed by atoms with E-state index in [1.165, 1.54) is 11.8 Å². The van der Waals surface area contributed by atoms with Crippen LogP contribution in [-0.2, 0) is 14.3 Å². The van der Waals surface area contributed by atoms with Crippen LogP contribution in [0.2, 0.25) is 5.02 Å². The number of halogens is 1. The van der Waals surface area contributed by atoms with Crippen LogP contribution in [0.4, 0.5) is 5.69 Å². The highest BCUT2D eigenvalue weighted by atomic mass is 35.5. The number of benzene rings is 2. The minimum absolute atomic E-state index is 0.153. The molecule has 0 bridgehead atoms. The summed E-state index contributed by atoms with van der Waals surface area (Å²) in [4.78, 5) is 28.8. The van der Waals surface area contributed by atoms with Crippen LogP contribution >= 0.6 is 23.4 Å². The average Bonchev–Trinajstić information content (AvgIpc) is 3.03. The largest absolute Gasteiger partial charge is 0.482 e. The molecule has 1 aliphatic rings. The Morgan fingerprint density at radius 2 is 1.97 bits per heavy atom. The summed E-state index contributed by atoms with van der Waals surface area (Å²) in [6.45, 7) is 5.29. The summed E-state index contributed by atoms with van der Waals surface area (Å²) in [5.41, 5.74) is 2.39. The molecule has 30 heavy (non-hydrogen) atoms. The van der Waals surface area contributed by atoms with E-state index in [0.717, 1.165) is 11.1 Å². The third-order valence-electron chi connectivity index (χ3n) is 4.01. The Morgan fingerprint density at radius 3 is 2.67 bits per heavy atom. The number of esters is 1. The van der Waals surface area contributed by atoms with Crippen molar-refractivity contribution < 1.29 is 19.1 Å². The fourth-order valence-corrected chi connectivity index (χ4v) is 3.56. The number of aliphatic imine (C=N–C) groups is 1. The van der Waals surface area contributed by atoms with Gasteiger partial charge in [0.2, 0.25) is 0 Å². The van der Waals surface area contributed by atoms with Gasteiger partial charge in [-0.05, 0) is 74.0 Å². The van der Waals surface area contributed by atoms with Crippen LogP contribution in [0.1, 0.15) is 25.0 Å². The maximum absolute atomic E-state index is 12.3. The van der Waals surface area contributed by atoms with Crippen LogP contribution in [0.15, 0.2) is 52.4 Å². The minimum atomic E-state index is -0.419. The molecule has 3 rings (SSSR count). The molecule has 156 valence electrons. The number of carbonyl (C=O) groups excluding carboxylic acids is 2. The number of nitrogens with one attached hydrogen (secondary N) is 1. The molecular weight excluding hydrogens is 424 g/mol. The zero-order valence-electron chi connectivity index (χ0n) is 16.8. The van der Waals surface area contributed by atoms with E-state index in [2.05, 4.69) is 10.3 Å². The summed E-state index contributed by atoms with van der Waals surface area (Å²) in [6.07, 6.45) is 1.59. The molecule has 1 N–H and O–H groups in total. The Balaban J connectivity index is 1.65. The molecule has 1 fully saturated rings. The fraction of sp³-hybridized carbons (Fsp3) is 0.227. The molecule has 0 unspecified atom stereocenters. The van der Waals surface area contributed by atoms with Gasteiger partial charge < -0.3 is 14.8 Å². The molecule has 0 spiro atoms. The second kappa shape index (κ2) is 9.82. The van der Waals surface area contributed by atoms with Gasteiger partial charge in [0.25, 0.3) is 5.91 Å². The summed E-state index contributed by atoms with van der Waals surface area (Å²) >= 11 is 7.39. The lowest BCUT2D eigenvalue weighted by atomic mass is 10.2. The van der Waals surface area contributed by atoms with Gasteiger partial charge in [0.05, 0.1) is 16.7 Å². The van der Waals surface area contributed by atoms with Gasteiger partial charge in [-0.3, -0.25) is 4.79 Å². The number of thioether (sulfide) groups is 1. The molecule has 0 aromatic heterocycles. The number of hydrogen-bond acceptors (Lipinski definition) is 6. The zero-order valence-corrected chi connectivity index (χ0v) is 18.3. The second-order valence-electron chi connectivity index (χ2n) is 6.76. The number of nitrogens with zero attached hydrogens (tertiary/aromatic N) is 1. The van der Waals surface area contributed by atoms with Crippen molar-refractivity contribution in [3.63, 3.8) is 0 Å². The highest BCUT2D eigenvalue weighted by Gasteiger charge is 2.24. The first kappa shape index (κ1) is 21.9. The smallest absolute Gasteiger partial charge is 0.344 e. The topological polar surface area (TPSA) is 77.0 Å². The van der Waals surface area contributed by atoms with Crippen molar-refractivity contribution in [2.45, 2.75) is 26.9 Å². The maximum atomic E-state index is 12.3. The van der Waals surface area contributed by atoms with Crippen molar-refractivity contribution >= 4 is 52.2 Å². The fourth-order valence-electron chi connectivity index (χ4n) is 2.56. The number of ether oxygens (including phenoxy) is 2. The van der Waals surface area contributed by atoms with E-state index in [-0.39, 0.29) is 18.6 Å². The van der Waals surface area contributed by atoms with E-state index in [9.17, 15) is 9.59 Å². The normalized spacial score (nSPS) is 16.2. The predicted octanol–water partition coefficient (Wildman–Crippen LogP) is 4.87. The van der Waals surface area contributed by atoms with Crippen molar-refractivity contribution in [2.75, 3.05) is 6.61 Å². The molecule has 1 heterocycles. The number of amides is 1. The molecular formula is C22H21ClN2O4S. The van der Waals surface area contributed by atoms with Crippen LogP contribution in [-0.4, -0.2) is 29.8 Å².